The number of nitrogens with two attached hydrogens (primary N) is 1. The Morgan fingerprint density at radius 2 is 1.73 bits per heavy atom. The number of carbonyl (C=O) groups excluding carboxylic acids is 2. The van der Waals surface area contributed by atoms with E-state index >= 15 is 0 Å². The number of hydrogen-bond donors (Lipinski definition) is 2. The Morgan fingerprint density at radius 3 is 2.37 bits per heavy atom. The van der Waals surface area contributed by atoms with Gasteiger partial charge in [0.05, 0.1) is 5.56 Å². The summed E-state index contributed by atoms with van der Waals surface area (Å²) >= 11 is 1.39. The fourth-order valence-electron chi connectivity index (χ4n) is 3.25. The molecule has 1 atom stereocenters. The molecular formula is C24H26N2O3S. The van der Waals surface area contributed by atoms with Crippen LogP contribution in [-0.2, 0) is 11.2 Å². The fourth-order valence-corrected chi connectivity index (χ4v) is 4.50. The van der Waals surface area contributed by atoms with Gasteiger partial charge in [0.2, 0.25) is 0 Å². The summed E-state index contributed by atoms with van der Waals surface area (Å²) in [5, 5.41) is 3.36. The maximum absolute atomic E-state index is 12.9. The molecule has 30 heavy (non-hydrogen) atoms. The molecule has 0 bridgehead atoms. The Kier molecular flexibility index (Phi) is 6.90. The average molecular weight is 423 g/mol. The minimum Gasteiger partial charge on any atom is -0.480 e. The number of para-hydroxylation sites is 1. The molecule has 0 aliphatic heterocycles. The molecule has 0 aliphatic carbocycles. The van der Waals surface area contributed by atoms with Crippen molar-refractivity contribution in [3.8, 4) is 5.75 Å². The molecule has 3 aromatic rings. The number of thiophene rings is 1. The summed E-state index contributed by atoms with van der Waals surface area (Å²) in [7, 11) is 0. The highest BCUT2D eigenvalue weighted by atomic mass is 32.1. The van der Waals surface area contributed by atoms with Crippen LogP contribution in [0.2, 0.25) is 0 Å². The maximum atomic E-state index is 12.9. The van der Waals surface area contributed by atoms with Crippen molar-refractivity contribution < 1.29 is 14.3 Å². The van der Waals surface area contributed by atoms with Gasteiger partial charge in [0.25, 0.3) is 11.8 Å². The van der Waals surface area contributed by atoms with E-state index in [-0.39, 0.29) is 5.91 Å². The molecule has 2 aromatic carbocycles. The molecule has 156 valence electrons. The Balaban J connectivity index is 1.83. The van der Waals surface area contributed by atoms with Crippen molar-refractivity contribution in [1.82, 2.24) is 0 Å². The predicted octanol–water partition coefficient (Wildman–Crippen LogP) is 4.85. The highest BCUT2D eigenvalue weighted by Crippen LogP contribution is 2.34. The van der Waals surface area contributed by atoms with Gasteiger partial charge in [-0.05, 0) is 43.0 Å². The standard InChI is InChI=1S/C24H26N2O3S/c1-4-18(29-19-13-9-8-10-15(19)2)23(28)26-24-21(22(25)27)16(3)20(30-24)14-17-11-6-5-7-12-17/h5-13,18H,4,14H2,1-3H3,(H2,25,27)(H,26,28). The summed E-state index contributed by atoms with van der Waals surface area (Å²) in [6, 6.07) is 17.5. The smallest absolute Gasteiger partial charge is 0.266 e. The number of amides is 2. The van der Waals surface area contributed by atoms with E-state index in [0.29, 0.717) is 29.2 Å². The SMILES string of the molecule is CCC(Oc1ccccc1C)C(=O)Nc1sc(Cc2ccccc2)c(C)c1C(N)=O. The second-order valence-corrected chi connectivity index (χ2v) is 8.26. The van der Waals surface area contributed by atoms with Crippen LogP contribution in [0.4, 0.5) is 5.00 Å². The van der Waals surface area contributed by atoms with Crippen molar-refractivity contribution in [3.05, 3.63) is 81.7 Å². The van der Waals surface area contributed by atoms with Crippen molar-refractivity contribution in [3.63, 3.8) is 0 Å². The summed E-state index contributed by atoms with van der Waals surface area (Å²) in [6.45, 7) is 5.69. The molecule has 0 aliphatic rings. The molecule has 0 radical (unpaired) electrons. The van der Waals surface area contributed by atoms with Crippen LogP contribution in [0.5, 0.6) is 5.75 Å². The van der Waals surface area contributed by atoms with Crippen LogP contribution in [0.25, 0.3) is 0 Å². The molecular weight excluding hydrogens is 396 g/mol. The van der Waals surface area contributed by atoms with E-state index in [4.69, 9.17) is 10.5 Å². The quantitative estimate of drug-likeness (QED) is 0.544. The van der Waals surface area contributed by atoms with Crippen molar-refractivity contribution in [2.45, 2.75) is 39.7 Å². The van der Waals surface area contributed by atoms with Gasteiger partial charge in [-0.1, -0.05) is 55.5 Å². The van der Waals surface area contributed by atoms with E-state index < -0.39 is 12.0 Å². The number of anilines is 1. The van der Waals surface area contributed by atoms with E-state index in [1.54, 1.807) is 0 Å². The lowest BCUT2D eigenvalue weighted by Gasteiger charge is -2.18. The van der Waals surface area contributed by atoms with Gasteiger partial charge >= 0.3 is 0 Å². The van der Waals surface area contributed by atoms with E-state index in [2.05, 4.69) is 5.32 Å². The van der Waals surface area contributed by atoms with Crippen molar-refractivity contribution in [1.29, 1.82) is 0 Å². The van der Waals surface area contributed by atoms with Crippen molar-refractivity contribution >= 4 is 28.2 Å². The van der Waals surface area contributed by atoms with Crippen LogP contribution in [0.1, 0.15) is 45.3 Å². The normalized spacial score (nSPS) is 11.7. The number of nitrogens with one attached hydrogen (secondary N) is 1. The first kappa shape index (κ1) is 21.6. The second kappa shape index (κ2) is 9.59. The minimum absolute atomic E-state index is 0.296. The van der Waals surface area contributed by atoms with E-state index in [1.165, 1.54) is 11.3 Å². The molecule has 1 heterocycles. The minimum atomic E-state index is -0.674. The number of carbonyl (C=O) groups is 2. The van der Waals surface area contributed by atoms with Crippen molar-refractivity contribution in [2.75, 3.05) is 5.32 Å². The summed E-state index contributed by atoms with van der Waals surface area (Å²) < 4.78 is 5.94. The highest BCUT2D eigenvalue weighted by Gasteiger charge is 2.25. The Morgan fingerprint density at radius 1 is 1.07 bits per heavy atom. The highest BCUT2D eigenvalue weighted by molar-refractivity contribution is 7.17. The van der Waals surface area contributed by atoms with Crippen LogP contribution >= 0.6 is 11.3 Å². The molecule has 3 rings (SSSR count). The molecule has 0 saturated heterocycles. The number of benzene rings is 2. The fraction of sp³-hybridized carbons (Fsp3) is 0.250. The van der Waals surface area contributed by atoms with Gasteiger partial charge in [0.1, 0.15) is 10.8 Å². The number of rotatable bonds is 8. The van der Waals surface area contributed by atoms with E-state index in [9.17, 15) is 9.59 Å². The molecule has 0 spiro atoms. The van der Waals surface area contributed by atoms with Crippen molar-refractivity contribution in [2.24, 2.45) is 5.73 Å². The van der Waals surface area contributed by atoms with Crippen LogP contribution < -0.4 is 15.8 Å². The largest absolute Gasteiger partial charge is 0.480 e. The number of aryl methyl sites for hydroxylation is 1. The van der Waals surface area contributed by atoms with E-state index in [1.807, 2.05) is 75.4 Å². The zero-order valence-electron chi connectivity index (χ0n) is 17.4. The molecule has 6 heteroatoms. The number of ether oxygens (including phenoxy) is 1. The lowest BCUT2D eigenvalue weighted by molar-refractivity contribution is -0.122. The van der Waals surface area contributed by atoms with Gasteiger partial charge in [-0.3, -0.25) is 9.59 Å². The molecule has 1 aromatic heterocycles. The molecule has 0 fully saturated rings. The summed E-state index contributed by atoms with van der Waals surface area (Å²) in [4.78, 5) is 26.0. The van der Waals surface area contributed by atoms with Crippen LogP contribution in [-0.4, -0.2) is 17.9 Å². The second-order valence-electron chi connectivity index (χ2n) is 7.15. The average Bonchev–Trinajstić information content (AvgIpc) is 3.02. The zero-order valence-corrected chi connectivity index (χ0v) is 18.2. The lowest BCUT2D eigenvalue weighted by Crippen LogP contribution is -2.33. The van der Waals surface area contributed by atoms with Gasteiger partial charge < -0.3 is 15.8 Å². The van der Waals surface area contributed by atoms with Gasteiger partial charge in [-0.15, -0.1) is 11.3 Å². The third kappa shape index (κ3) is 4.89. The molecule has 3 N–H and O–H groups in total. The Bertz CT molecular complexity index is 1040. The molecule has 5 nitrogen and oxygen atoms in total. The Hall–Kier alpha value is -3.12. The molecule has 1 unspecified atom stereocenters. The monoisotopic (exact) mass is 422 g/mol. The zero-order chi connectivity index (χ0) is 21.7. The van der Waals surface area contributed by atoms with Gasteiger partial charge in [0, 0.05) is 11.3 Å². The van der Waals surface area contributed by atoms with Gasteiger partial charge in [-0.2, -0.15) is 0 Å². The van der Waals surface area contributed by atoms with Gasteiger partial charge in [-0.25, -0.2) is 0 Å². The van der Waals surface area contributed by atoms with Crippen LogP contribution in [0.3, 0.4) is 0 Å². The number of primary amides is 1. The maximum Gasteiger partial charge on any atom is 0.266 e. The topological polar surface area (TPSA) is 81.4 Å². The molecule has 0 saturated carbocycles. The lowest BCUT2D eigenvalue weighted by atomic mass is 10.1. The third-order valence-corrected chi connectivity index (χ3v) is 6.17. The van der Waals surface area contributed by atoms with E-state index in [0.717, 1.165) is 21.6 Å². The Labute approximate surface area is 180 Å². The van der Waals surface area contributed by atoms with Gasteiger partial charge in [0.15, 0.2) is 6.10 Å². The summed E-state index contributed by atoms with van der Waals surface area (Å²) in [5.41, 5.74) is 8.89. The summed E-state index contributed by atoms with van der Waals surface area (Å²) in [5.74, 6) is -0.177. The van der Waals surface area contributed by atoms with Crippen LogP contribution in [0, 0.1) is 13.8 Å². The summed E-state index contributed by atoms with van der Waals surface area (Å²) in [6.07, 6.45) is 0.490. The first-order valence-corrected chi connectivity index (χ1v) is 10.7. The third-order valence-electron chi connectivity index (χ3n) is 4.96. The first-order chi connectivity index (χ1) is 14.4. The molecule has 2 amide bonds. The number of hydrogen-bond acceptors (Lipinski definition) is 4. The van der Waals surface area contributed by atoms with Crippen LogP contribution in [0.15, 0.2) is 54.6 Å². The predicted molar refractivity (Wildman–Crippen MR) is 121 cm³/mol. The first-order valence-electron chi connectivity index (χ1n) is 9.89.